The third kappa shape index (κ3) is 2.76. The Kier molecular flexibility index (Phi) is 3.49. The lowest BCUT2D eigenvalue weighted by molar-refractivity contribution is 0.115. The molecule has 1 N–H and O–H groups in total. The summed E-state index contributed by atoms with van der Waals surface area (Å²) >= 11 is 0. The molecule has 1 aliphatic rings. The first-order chi connectivity index (χ1) is 7.70. The summed E-state index contributed by atoms with van der Waals surface area (Å²) in [5.74, 6) is 1.22. The first-order valence-electron chi connectivity index (χ1n) is 6.15. The molecule has 1 saturated carbocycles. The molecule has 0 aromatic heterocycles. The summed E-state index contributed by atoms with van der Waals surface area (Å²) in [4.78, 5) is 0. The number of hydrogen-bond donors (Lipinski definition) is 1. The second-order valence-electron chi connectivity index (χ2n) is 4.72. The normalized spacial score (nSPS) is 19.2. The third-order valence-corrected chi connectivity index (χ3v) is 3.23. The topological polar surface area (TPSA) is 29.5 Å². The largest absolute Gasteiger partial charge is 0.490 e. The fourth-order valence-corrected chi connectivity index (χ4v) is 1.67. The van der Waals surface area contributed by atoms with Crippen molar-refractivity contribution in [2.24, 2.45) is 5.92 Å². The van der Waals surface area contributed by atoms with Crippen LogP contribution in [0.4, 0.5) is 0 Å². The summed E-state index contributed by atoms with van der Waals surface area (Å²) in [6.07, 6.45) is 3.42. The van der Waals surface area contributed by atoms with Crippen LogP contribution in [0.3, 0.4) is 0 Å². The fourth-order valence-electron chi connectivity index (χ4n) is 1.67. The fraction of sp³-hybridized carbons (Fsp3) is 0.571. The molecule has 0 radical (unpaired) electrons. The van der Waals surface area contributed by atoms with E-state index >= 15 is 0 Å². The van der Waals surface area contributed by atoms with Gasteiger partial charge in [0.25, 0.3) is 0 Å². The van der Waals surface area contributed by atoms with Crippen LogP contribution in [0.2, 0.25) is 0 Å². The summed E-state index contributed by atoms with van der Waals surface area (Å²) in [5.41, 5.74) is 0.984. The van der Waals surface area contributed by atoms with E-state index in [4.69, 9.17) is 4.74 Å². The van der Waals surface area contributed by atoms with Crippen LogP contribution < -0.4 is 4.74 Å². The average molecular weight is 220 g/mol. The van der Waals surface area contributed by atoms with Gasteiger partial charge in [-0.25, -0.2) is 0 Å². The number of benzene rings is 1. The standard InChI is InChI=1S/C14H20O2/c1-3-10(2)14(15)11-4-6-12(7-5-11)16-13-8-9-13/h4-7,10,13-15H,3,8-9H2,1-2H3. The molecule has 2 nitrogen and oxygen atoms in total. The predicted molar refractivity (Wildman–Crippen MR) is 64.5 cm³/mol. The quantitative estimate of drug-likeness (QED) is 0.825. The molecule has 0 spiro atoms. The Morgan fingerprint density at radius 1 is 1.31 bits per heavy atom. The van der Waals surface area contributed by atoms with Gasteiger partial charge in [-0.15, -0.1) is 0 Å². The van der Waals surface area contributed by atoms with Crippen molar-refractivity contribution in [3.8, 4) is 5.75 Å². The molecule has 2 atom stereocenters. The van der Waals surface area contributed by atoms with Gasteiger partial charge >= 0.3 is 0 Å². The zero-order chi connectivity index (χ0) is 11.5. The van der Waals surface area contributed by atoms with Crippen molar-refractivity contribution in [1.29, 1.82) is 0 Å². The first-order valence-corrected chi connectivity index (χ1v) is 6.15. The molecule has 2 heteroatoms. The van der Waals surface area contributed by atoms with Crippen LogP contribution in [-0.2, 0) is 0 Å². The van der Waals surface area contributed by atoms with E-state index in [9.17, 15) is 5.11 Å². The number of hydrogen-bond acceptors (Lipinski definition) is 2. The van der Waals surface area contributed by atoms with Crippen molar-refractivity contribution in [2.75, 3.05) is 0 Å². The Morgan fingerprint density at radius 3 is 2.44 bits per heavy atom. The highest BCUT2D eigenvalue weighted by Gasteiger charge is 2.23. The summed E-state index contributed by atoms with van der Waals surface area (Å²) in [6.45, 7) is 4.16. The summed E-state index contributed by atoms with van der Waals surface area (Å²) in [7, 11) is 0. The van der Waals surface area contributed by atoms with E-state index in [0.29, 0.717) is 12.0 Å². The number of ether oxygens (including phenoxy) is 1. The van der Waals surface area contributed by atoms with Crippen LogP contribution in [0.15, 0.2) is 24.3 Å². The Hall–Kier alpha value is -1.02. The van der Waals surface area contributed by atoms with Crippen molar-refractivity contribution in [3.05, 3.63) is 29.8 Å². The average Bonchev–Trinajstić information content (AvgIpc) is 3.12. The first kappa shape index (κ1) is 11.5. The van der Waals surface area contributed by atoms with Gasteiger partial charge in [0, 0.05) is 0 Å². The van der Waals surface area contributed by atoms with Gasteiger partial charge in [-0.2, -0.15) is 0 Å². The summed E-state index contributed by atoms with van der Waals surface area (Å²) in [5, 5.41) is 10.0. The van der Waals surface area contributed by atoms with Crippen LogP contribution in [0, 0.1) is 5.92 Å². The van der Waals surface area contributed by atoms with Gasteiger partial charge in [0.2, 0.25) is 0 Å². The third-order valence-electron chi connectivity index (χ3n) is 3.23. The van der Waals surface area contributed by atoms with Gasteiger partial charge in [0.1, 0.15) is 5.75 Å². The Labute approximate surface area is 97.3 Å². The van der Waals surface area contributed by atoms with Crippen LogP contribution in [0.1, 0.15) is 44.8 Å². The van der Waals surface area contributed by atoms with Gasteiger partial charge < -0.3 is 9.84 Å². The second-order valence-corrected chi connectivity index (χ2v) is 4.72. The van der Waals surface area contributed by atoms with E-state index in [1.54, 1.807) is 0 Å². The maximum absolute atomic E-state index is 10.0. The van der Waals surface area contributed by atoms with E-state index in [0.717, 1.165) is 17.7 Å². The lowest BCUT2D eigenvalue weighted by atomic mass is 9.95. The molecule has 2 rings (SSSR count). The Morgan fingerprint density at radius 2 is 1.94 bits per heavy atom. The van der Waals surface area contributed by atoms with E-state index in [1.165, 1.54) is 12.8 Å². The maximum atomic E-state index is 10.0. The monoisotopic (exact) mass is 220 g/mol. The van der Waals surface area contributed by atoms with Crippen LogP contribution in [-0.4, -0.2) is 11.2 Å². The lowest BCUT2D eigenvalue weighted by Crippen LogP contribution is -2.08. The molecular formula is C14H20O2. The molecule has 0 bridgehead atoms. The minimum atomic E-state index is -0.361. The van der Waals surface area contributed by atoms with Gasteiger partial charge in [-0.1, -0.05) is 32.4 Å². The predicted octanol–water partition coefficient (Wildman–Crippen LogP) is 3.31. The molecule has 1 aromatic rings. The van der Waals surface area contributed by atoms with E-state index < -0.39 is 0 Å². The highest BCUT2D eigenvalue weighted by atomic mass is 16.5. The molecule has 0 heterocycles. The van der Waals surface area contributed by atoms with Crippen molar-refractivity contribution < 1.29 is 9.84 Å². The van der Waals surface area contributed by atoms with E-state index in [2.05, 4.69) is 13.8 Å². The van der Waals surface area contributed by atoms with Crippen molar-refractivity contribution in [2.45, 2.75) is 45.3 Å². The lowest BCUT2D eigenvalue weighted by Gasteiger charge is -2.17. The number of aliphatic hydroxyl groups excluding tert-OH is 1. The van der Waals surface area contributed by atoms with E-state index in [1.807, 2.05) is 24.3 Å². The minimum absolute atomic E-state index is 0.301. The highest BCUT2D eigenvalue weighted by molar-refractivity contribution is 5.29. The maximum Gasteiger partial charge on any atom is 0.119 e. The van der Waals surface area contributed by atoms with Crippen molar-refractivity contribution in [3.63, 3.8) is 0 Å². The zero-order valence-electron chi connectivity index (χ0n) is 10.0. The Balaban J connectivity index is 1.99. The minimum Gasteiger partial charge on any atom is -0.490 e. The molecule has 0 saturated heterocycles. The van der Waals surface area contributed by atoms with Crippen LogP contribution >= 0.6 is 0 Å². The molecule has 0 aliphatic heterocycles. The molecule has 1 aliphatic carbocycles. The summed E-state index contributed by atoms with van der Waals surface area (Å²) in [6, 6.07) is 7.85. The second kappa shape index (κ2) is 4.88. The molecule has 2 unspecified atom stereocenters. The van der Waals surface area contributed by atoms with Gasteiger partial charge in [0.15, 0.2) is 0 Å². The molecular weight excluding hydrogens is 200 g/mol. The molecule has 88 valence electrons. The van der Waals surface area contributed by atoms with Crippen molar-refractivity contribution >= 4 is 0 Å². The highest BCUT2D eigenvalue weighted by Crippen LogP contribution is 2.29. The molecule has 1 aromatic carbocycles. The van der Waals surface area contributed by atoms with Gasteiger partial charge in [-0.3, -0.25) is 0 Å². The molecule has 16 heavy (non-hydrogen) atoms. The zero-order valence-corrected chi connectivity index (χ0v) is 10.0. The smallest absolute Gasteiger partial charge is 0.119 e. The number of aliphatic hydroxyl groups is 1. The van der Waals surface area contributed by atoms with Gasteiger partial charge in [0.05, 0.1) is 12.2 Å². The van der Waals surface area contributed by atoms with Crippen LogP contribution in [0.5, 0.6) is 5.75 Å². The summed E-state index contributed by atoms with van der Waals surface area (Å²) < 4.78 is 5.67. The Bertz CT molecular complexity index is 327. The number of rotatable bonds is 5. The van der Waals surface area contributed by atoms with E-state index in [-0.39, 0.29) is 6.10 Å². The molecule has 0 amide bonds. The van der Waals surface area contributed by atoms with Crippen molar-refractivity contribution in [1.82, 2.24) is 0 Å². The SMILES string of the molecule is CCC(C)C(O)c1ccc(OC2CC2)cc1. The van der Waals surface area contributed by atoms with Crippen LogP contribution in [0.25, 0.3) is 0 Å². The van der Waals surface area contributed by atoms with Gasteiger partial charge in [-0.05, 0) is 36.5 Å². The molecule has 1 fully saturated rings.